The summed E-state index contributed by atoms with van der Waals surface area (Å²) < 4.78 is 13.6. The van der Waals surface area contributed by atoms with Crippen LogP contribution in [-0.2, 0) is 4.79 Å². The molecule has 0 aliphatic rings. The molecule has 0 radical (unpaired) electrons. The summed E-state index contributed by atoms with van der Waals surface area (Å²) in [4.78, 5) is 14.0. The van der Waals surface area contributed by atoms with Crippen LogP contribution in [0.25, 0.3) is 0 Å². The van der Waals surface area contributed by atoms with Crippen molar-refractivity contribution in [3.05, 3.63) is 24.0 Å². The van der Waals surface area contributed by atoms with E-state index in [1.54, 1.807) is 6.92 Å². The first-order valence-electron chi connectivity index (χ1n) is 6.59. The van der Waals surface area contributed by atoms with Gasteiger partial charge >= 0.3 is 0 Å². The summed E-state index contributed by atoms with van der Waals surface area (Å²) in [6, 6.07) is 3.63. The first kappa shape index (κ1) is 16.4. The van der Waals surface area contributed by atoms with Gasteiger partial charge < -0.3 is 16.2 Å². The van der Waals surface area contributed by atoms with E-state index in [9.17, 15) is 9.18 Å². The molecule has 5 nitrogen and oxygen atoms in total. The van der Waals surface area contributed by atoms with Crippen LogP contribution in [0.4, 0.5) is 15.8 Å². The molecular formula is C14H22FN3O2. The normalized spacial score (nSPS) is 12.8. The van der Waals surface area contributed by atoms with Crippen molar-refractivity contribution in [1.82, 2.24) is 4.90 Å². The largest absolute Gasteiger partial charge is 0.399 e. The Balaban J connectivity index is 2.81. The van der Waals surface area contributed by atoms with Crippen LogP contribution in [0.2, 0.25) is 0 Å². The van der Waals surface area contributed by atoms with Crippen LogP contribution in [0, 0.1) is 5.82 Å². The van der Waals surface area contributed by atoms with Crippen LogP contribution in [0.1, 0.15) is 20.8 Å². The highest BCUT2D eigenvalue weighted by Gasteiger charge is 2.23. The van der Waals surface area contributed by atoms with Crippen LogP contribution in [0.15, 0.2) is 18.2 Å². The van der Waals surface area contributed by atoms with E-state index >= 15 is 0 Å². The Morgan fingerprint density at radius 3 is 2.65 bits per heavy atom. The molecule has 1 aromatic carbocycles. The van der Waals surface area contributed by atoms with E-state index in [4.69, 9.17) is 10.8 Å². The number of benzene rings is 1. The number of hydrogen-bond donors (Lipinski definition) is 3. The summed E-state index contributed by atoms with van der Waals surface area (Å²) in [5.41, 5.74) is 6.02. The molecule has 6 heteroatoms. The van der Waals surface area contributed by atoms with Gasteiger partial charge in [0, 0.05) is 18.3 Å². The highest BCUT2D eigenvalue weighted by atomic mass is 19.1. The fourth-order valence-electron chi connectivity index (χ4n) is 2.04. The lowest BCUT2D eigenvalue weighted by Gasteiger charge is -2.31. The molecule has 1 rings (SSSR count). The van der Waals surface area contributed by atoms with Gasteiger partial charge in [0.15, 0.2) is 0 Å². The molecule has 0 spiro atoms. The summed E-state index contributed by atoms with van der Waals surface area (Å²) in [7, 11) is 0. The number of aliphatic hydroxyl groups excluding tert-OH is 1. The molecule has 0 aromatic heterocycles. The van der Waals surface area contributed by atoms with Crippen LogP contribution < -0.4 is 11.1 Å². The average molecular weight is 283 g/mol. The van der Waals surface area contributed by atoms with E-state index in [0.29, 0.717) is 12.2 Å². The number of halogens is 1. The minimum absolute atomic E-state index is 0.0392. The first-order valence-corrected chi connectivity index (χ1v) is 6.59. The van der Waals surface area contributed by atoms with Gasteiger partial charge in [-0.2, -0.15) is 0 Å². The molecule has 0 aliphatic heterocycles. The first-order chi connectivity index (χ1) is 9.36. The van der Waals surface area contributed by atoms with Gasteiger partial charge in [0.05, 0.1) is 18.3 Å². The maximum absolute atomic E-state index is 13.6. The van der Waals surface area contributed by atoms with Crippen LogP contribution in [0.5, 0.6) is 0 Å². The molecule has 4 N–H and O–H groups in total. The number of carbonyl (C=O) groups excluding carboxylic acids is 1. The second-order valence-corrected chi connectivity index (χ2v) is 4.96. The molecule has 0 aliphatic carbocycles. The molecule has 1 amide bonds. The highest BCUT2D eigenvalue weighted by molar-refractivity contribution is 5.95. The SMILES string of the molecule is CC(C)N(CCO)C(C)C(=O)Nc1cc(N)ccc1F. The standard InChI is InChI=1S/C14H22FN3O2/c1-9(2)18(6-7-19)10(3)14(20)17-13-8-11(16)4-5-12(13)15/h4-5,8-10,19H,6-7,16H2,1-3H3,(H,17,20). The summed E-state index contributed by atoms with van der Waals surface area (Å²) in [6.07, 6.45) is 0. The molecular weight excluding hydrogens is 261 g/mol. The van der Waals surface area contributed by atoms with Crippen molar-refractivity contribution in [1.29, 1.82) is 0 Å². The Morgan fingerprint density at radius 2 is 2.10 bits per heavy atom. The number of amides is 1. The quantitative estimate of drug-likeness (QED) is 0.690. The number of hydrogen-bond acceptors (Lipinski definition) is 4. The lowest BCUT2D eigenvalue weighted by atomic mass is 10.2. The third-order valence-electron chi connectivity index (χ3n) is 3.15. The van der Waals surface area contributed by atoms with Crippen molar-refractivity contribution in [3.8, 4) is 0 Å². The third-order valence-corrected chi connectivity index (χ3v) is 3.15. The zero-order valence-corrected chi connectivity index (χ0v) is 12.1. The zero-order valence-electron chi connectivity index (χ0n) is 12.1. The van der Waals surface area contributed by atoms with Gasteiger partial charge in [0.25, 0.3) is 0 Å². The van der Waals surface area contributed by atoms with Gasteiger partial charge in [-0.3, -0.25) is 9.69 Å². The smallest absolute Gasteiger partial charge is 0.241 e. The summed E-state index contributed by atoms with van der Waals surface area (Å²) in [5, 5.41) is 11.6. The predicted molar refractivity (Wildman–Crippen MR) is 77.8 cm³/mol. The van der Waals surface area contributed by atoms with E-state index < -0.39 is 11.9 Å². The lowest BCUT2D eigenvalue weighted by Crippen LogP contribution is -2.47. The van der Waals surface area contributed by atoms with E-state index in [2.05, 4.69) is 5.32 Å². The molecule has 112 valence electrons. The Hall–Kier alpha value is -1.66. The van der Waals surface area contributed by atoms with Gasteiger partial charge in [-0.25, -0.2) is 4.39 Å². The van der Waals surface area contributed by atoms with E-state index in [1.165, 1.54) is 18.2 Å². The number of nitrogen functional groups attached to an aromatic ring is 1. The molecule has 0 saturated heterocycles. The topological polar surface area (TPSA) is 78.6 Å². The van der Waals surface area contributed by atoms with E-state index in [1.807, 2.05) is 18.7 Å². The molecule has 1 unspecified atom stereocenters. The number of anilines is 2. The fraction of sp³-hybridized carbons (Fsp3) is 0.500. The minimum atomic E-state index is -0.530. The molecule has 1 atom stereocenters. The number of rotatable bonds is 6. The van der Waals surface area contributed by atoms with Crippen molar-refractivity contribution in [3.63, 3.8) is 0 Å². The molecule has 0 fully saturated rings. The molecule has 0 saturated carbocycles. The Morgan fingerprint density at radius 1 is 1.45 bits per heavy atom. The van der Waals surface area contributed by atoms with Gasteiger partial charge in [0.2, 0.25) is 5.91 Å². The molecule has 20 heavy (non-hydrogen) atoms. The van der Waals surface area contributed by atoms with Crippen molar-refractivity contribution in [2.24, 2.45) is 0 Å². The average Bonchev–Trinajstić information content (AvgIpc) is 2.39. The third kappa shape index (κ3) is 4.18. The van der Waals surface area contributed by atoms with Gasteiger partial charge in [-0.05, 0) is 39.0 Å². The fourth-order valence-corrected chi connectivity index (χ4v) is 2.04. The van der Waals surface area contributed by atoms with Crippen molar-refractivity contribution in [2.45, 2.75) is 32.9 Å². The predicted octanol–water partition coefficient (Wildman–Crippen LogP) is 1.44. The number of nitrogens with zero attached hydrogens (tertiary/aromatic N) is 1. The van der Waals surface area contributed by atoms with Crippen molar-refractivity contribution in [2.75, 3.05) is 24.2 Å². The van der Waals surface area contributed by atoms with Crippen LogP contribution >= 0.6 is 0 Å². The lowest BCUT2D eigenvalue weighted by molar-refractivity contribution is -0.121. The number of nitrogens with one attached hydrogen (secondary N) is 1. The minimum Gasteiger partial charge on any atom is -0.399 e. The maximum Gasteiger partial charge on any atom is 0.241 e. The summed E-state index contributed by atoms with van der Waals surface area (Å²) >= 11 is 0. The van der Waals surface area contributed by atoms with Crippen LogP contribution in [-0.4, -0.2) is 41.1 Å². The van der Waals surface area contributed by atoms with Gasteiger partial charge in [-0.1, -0.05) is 0 Å². The summed E-state index contributed by atoms with van der Waals surface area (Å²) in [6.45, 7) is 5.92. The molecule has 0 heterocycles. The number of aliphatic hydroxyl groups is 1. The monoisotopic (exact) mass is 283 g/mol. The zero-order chi connectivity index (χ0) is 15.3. The highest BCUT2D eigenvalue weighted by Crippen LogP contribution is 2.18. The molecule has 0 bridgehead atoms. The van der Waals surface area contributed by atoms with E-state index in [0.717, 1.165) is 0 Å². The Labute approximate surface area is 118 Å². The number of nitrogens with two attached hydrogens (primary N) is 1. The number of carbonyl (C=O) groups is 1. The van der Waals surface area contributed by atoms with Gasteiger partial charge in [-0.15, -0.1) is 0 Å². The molecule has 1 aromatic rings. The summed E-state index contributed by atoms with van der Waals surface area (Å²) in [5.74, 6) is -0.866. The second-order valence-electron chi connectivity index (χ2n) is 4.96. The van der Waals surface area contributed by atoms with Crippen molar-refractivity contribution >= 4 is 17.3 Å². The van der Waals surface area contributed by atoms with E-state index in [-0.39, 0.29) is 24.2 Å². The second kappa shape index (κ2) is 7.21. The Kier molecular flexibility index (Phi) is 5.91. The van der Waals surface area contributed by atoms with Crippen molar-refractivity contribution < 1.29 is 14.3 Å². The van der Waals surface area contributed by atoms with Gasteiger partial charge in [0.1, 0.15) is 5.82 Å². The maximum atomic E-state index is 13.6. The van der Waals surface area contributed by atoms with Crippen LogP contribution in [0.3, 0.4) is 0 Å². The Bertz CT molecular complexity index is 466.